The van der Waals surface area contributed by atoms with Gasteiger partial charge in [0.25, 0.3) is 0 Å². The van der Waals surface area contributed by atoms with Crippen molar-refractivity contribution >= 4 is 15.8 Å². The second kappa shape index (κ2) is 6.34. The summed E-state index contributed by atoms with van der Waals surface area (Å²) >= 11 is 0. The molecule has 1 heterocycles. The Labute approximate surface area is 149 Å². The highest BCUT2D eigenvalue weighted by Gasteiger charge is 2.19. The van der Waals surface area contributed by atoms with Crippen molar-refractivity contribution in [3.05, 3.63) is 95.4 Å². The van der Waals surface area contributed by atoms with Gasteiger partial charge in [-0.15, -0.1) is 0 Å². The fourth-order valence-corrected chi connectivity index (χ4v) is 5.10. The third-order valence-corrected chi connectivity index (χ3v) is 6.62. The summed E-state index contributed by atoms with van der Waals surface area (Å²) in [6, 6.07) is 26.3. The van der Waals surface area contributed by atoms with Gasteiger partial charge in [-0.2, -0.15) is 0 Å². The zero-order chi connectivity index (χ0) is 17.3. The van der Waals surface area contributed by atoms with Crippen LogP contribution in [0.2, 0.25) is 0 Å². The Kier molecular flexibility index (Phi) is 4.02. The topological polar surface area (TPSA) is 29.4 Å². The van der Waals surface area contributed by atoms with Gasteiger partial charge in [-0.25, -0.2) is 8.57 Å². The maximum absolute atomic E-state index is 13.2. The summed E-state index contributed by atoms with van der Waals surface area (Å²) < 4.78 is 17.9. The highest BCUT2D eigenvalue weighted by atomic mass is 32.2. The van der Waals surface area contributed by atoms with Gasteiger partial charge in [0.05, 0.1) is 20.7 Å². The van der Waals surface area contributed by atoms with Crippen LogP contribution in [0.3, 0.4) is 0 Å². The van der Waals surface area contributed by atoms with E-state index in [4.69, 9.17) is 0 Å². The van der Waals surface area contributed by atoms with Gasteiger partial charge in [0.2, 0.25) is 0 Å². The summed E-state index contributed by atoms with van der Waals surface area (Å²) in [7, 11) is -2.48. The molecule has 2 atom stereocenters. The lowest BCUT2D eigenvalue weighted by Crippen LogP contribution is -1.98. The molecule has 2 nitrogen and oxygen atoms in total. The molecule has 4 rings (SSSR count). The highest BCUT2D eigenvalue weighted by Crippen LogP contribution is 2.32. The Balaban J connectivity index is 1.65. The first-order valence-corrected chi connectivity index (χ1v) is 9.92. The molecule has 0 N–H and O–H groups in total. The third-order valence-electron chi connectivity index (χ3n) is 4.48. The van der Waals surface area contributed by atoms with Gasteiger partial charge >= 0.3 is 0 Å². The lowest BCUT2D eigenvalue weighted by Gasteiger charge is -2.11. The molecule has 3 aromatic rings. The zero-order valence-corrected chi connectivity index (χ0v) is 14.8. The predicted molar refractivity (Wildman–Crippen MR) is 105 cm³/mol. The van der Waals surface area contributed by atoms with Crippen LogP contribution in [0.25, 0.3) is 17.2 Å². The lowest BCUT2D eigenvalue weighted by molar-refractivity contribution is 0.676. The largest absolute Gasteiger partial charge is 0.240 e. The zero-order valence-electron chi connectivity index (χ0n) is 14.0. The quantitative estimate of drug-likeness (QED) is 0.579. The predicted octanol–water partition coefficient (Wildman–Crippen LogP) is 5.93. The van der Waals surface area contributed by atoms with Crippen molar-refractivity contribution in [2.45, 2.75) is 17.9 Å². The maximum Gasteiger partial charge on any atom is 0.0981 e. The Morgan fingerprint density at radius 2 is 1.44 bits per heavy atom. The number of benzene rings is 3. The van der Waals surface area contributed by atoms with Crippen LogP contribution in [0, 0.1) is 0 Å². The minimum atomic E-state index is -2.48. The number of nitrogens with zero attached hydrogens (tertiary/aromatic N) is 1. The van der Waals surface area contributed by atoms with E-state index >= 15 is 0 Å². The molecule has 0 bridgehead atoms. The van der Waals surface area contributed by atoms with Crippen molar-refractivity contribution in [2.75, 3.05) is 0 Å². The number of fused-ring (bicyclic) bond motifs is 1. The van der Waals surface area contributed by atoms with Gasteiger partial charge in [0, 0.05) is 5.41 Å². The molecule has 3 heteroatoms. The van der Waals surface area contributed by atoms with E-state index in [0.29, 0.717) is 0 Å². The minimum Gasteiger partial charge on any atom is -0.240 e. The fourth-order valence-electron chi connectivity index (χ4n) is 3.10. The molecule has 0 aromatic heterocycles. The lowest BCUT2D eigenvalue weighted by atomic mass is 10.0. The van der Waals surface area contributed by atoms with Crippen LogP contribution in [0.5, 0.6) is 0 Å². The molecular weight excluding hydrogens is 326 g/mol. The van der Waals surface area contributed by atoms with E-state index in [-0.39, 0.29) is 6.04 Å². The van der Waals surface area contributed by atoms with E-state index in [1.54, 1.807) is 5.41 Å². The smallest absolute Gasteiger partial charge is 0.0981 e. The van der Waals surface area contributed by atoms with Gasteiger partial charge in [0.15, 0.2) is 0 Å². The first-order valence-electron chi connectivity index (χ1n) is 8.34. The molecule has 0 radical (unpaired) electrons. The average Bonchev–Trinajstić information content (AvgIpc) is 3.00. The second-order valence-electron chi connectivity index (χ2n) is 6.18. The molecule has 0 aliphatic carbocycles. The molecule has 0 amide bonds. The highest BCUT2D eigenvalue weighted by molar-refractivity contribution is 7.97. The Morgan fingerprint density at radius 3 is 2.20 bits per heavy atom. The van der Waals surface area contributed by atoms with Crippen LogP contribution in [-0.2, 0) is 9.73 Å². The van der Waals surface area contributed by atoms with E-state index in [0.717, 1.165) is 16.0 Å². The Hall–Kier alpha value is -2.65. The Bertz CT molecular complexity index is 1040. The monoisotopic (exact) mass is 345 g/mol. The first kappa shape index (κ1) is 15.9. The summed E-state index contributed by atoms with van der Waals surface area (Å²) in [4.78, 5) is 0.822. The van der Waals surface area contributed by atoms with Crippen LogP contribution in [0.15, 0.2) is 93.5 Å². The van der Waals surface area contributed by atoms with Crippen LogP contribution in [0.1, 0.15) is 24.1 Å². The molecule has 1 aliphatic heterocycles. The standard InChI is InChI=1S/C22H19NOS/c1-17(23-25(24)16-15-21-9-5-6-10-22(21)25)18-11-13-20(14-12-18)19-7-3-2-4-8-19/h2-17H,1H3. The molecular formula is C22H19NOS. The van der Waals surface area contributed by atoms with Crippen LogP contribution < -0.4 is 0 Å². The molecule has 0 fully saturated rings. The second-order valence-corrected chi connectivity index (χ2v) is 8.24. The van der Waals surface area contributed by atoms with Crippen LogP contribution >= 0.6 is 0 Å². The van der Waals surface area contributed by atoms with E-state index in [1.165, 1.54) is 11.1 Å². The fraction of sp³-hybridized carbons (Fsp3) is 0.0909. The molecule has 0 saturated carbocycles. The van der Waals surface area contributed by atoms with Gasteiger partial charge in [0.1, 0.15) is 0 Å². The molecule has 25 heavy (non-hydrogen) atoms. The summed E-state index contributed by atoms with van der Waals surface area (Å²) in [5.74, 6) is 0. The molecule has 124 valence electrons. The van der Waals surface area contributed by atoms with Crippen molar-refractivity contribution < 1.29 is 4.21 Å². The van der Waals surface area contributed by atoms with Gasteiger partial charge in [-0.1, -0.05) is 72.8 Å². The molecule has 0 spiro atoms. The van der Waals surface area contributed by atoms with Crippen molar-refractivity contribution in [2.24, 2.45) is 4.36 Å². The minimum absolute atomic E-state index is 0.131. The van der Waals surface area contributed by atoms with Crippen molar-refractivity contribution in [3.8, 4) is 11.1 Å². The van der Waals surface area contributed by atoms with E-state index < -0.39 is 9.73 Å². The van der Waals surface area contributed by atoms with Crippen molar-refractivity contribution in [1.29, 1.82) is 0 Å². The van der Waals surface area contributed by atoms with Crippen LogP contribution in [0.4, 0.5) is 0 Å². The van der Waals surface area contributed by atoms with Gasteiger partial charge in [-0.05, 0) is 41.3 Å². The molecule has 2 unspecified atom stereocenters. The maximum atomic E-state index is 13.2. The summed E-state index contributed by atoms with van der Waals surface area (Å²) in [5.41, 5.74) is 4.44. The Morgan fingerprint density at radius 1 is 0.800 bits per heavy atom. The third kappa shape index (κ3) is 3.03. The van der Waals surface area contributed by atoms with Crippen molar-refractivity contribution in [1.82, 2.24) is 0 Å². The number of hydrogen-bond donors (Lipinski definition) is 0. The number of rotatable bonds is 3. The normalized spacial score (nSPS) is 19.4. The van der Waals surface area contributed by atoms with E-state index in [9.17, 15) is 4.21 Å². The SMILES string of the molecule is CC(N=S1(=O)C=Cc2ccccc21)c1ccc(-c2ccccc2)cc1. The number of hydrogen-bond acceptors (Lipinski definition) is 2. The summed E-state index contributed by atoms with van der Waals surface area (Å²) in [6.45, 7) is 2.00. The summed E-state index contributed by atoms with van der Waals surface area (Å²) in [5, 5.41) is 1.74. The van der Waals surface area contributed by atoms with E-state index in [2.05, 4.69) is 40.8 Å². The molecule has 0 saturated heterocycles. The summed E-state index contributed by atoms with van der Waals surface area (Å²) in [6.07, 6.45) is 1.91. The molecule has 3 aromatic carbocycles. The van der Waals surface area contributed by atoms with Gasteiger partial charge in [-0.3, -0.25) is 0 Å². The average molecular weight is 345 g/mol. The first-order chi connectivity index (χ1) is 12.2. The van der Waals surface area contributed by atoms with Crippen LogP contribution in [-0.4, -0.2) is 4.21 Å². The molecule has 1 aliphatic rings. The van der Waals surface area contributed by atoms with Gasteiger partial charge < -0.3 is 0 Å². The van der Waals surface area contributed by atoms with Crippen molar-refractivity contribution in [3.63, 3.8) is 0 Å². The van der Waals surface area contributed by atoms with E-state index in [1.807, 2.05) is 55.5 Å².